The highest BCUT2D eigenvalue weighted by molar-refractivity contribution is 9.10. The van der Waals surface area contributed by atoms with Crippen LogP contribution in [0.4, 0.5) is 0 Å². The van der Waals surface area contributed by atoms with Crippen LogP contribution in [0.2, 0.25) is 0 Å². The number of H-pyrrole nitrogens is 2. The second-order valence-corrected chi connectivity index (χ2v) is 3.93. The van der Waals surface area contributed by atoms with Gasteiger partial charge >= 0.3 is 0 Å². The summed E-state index contributed by atoms with van der Waals surface area (Å²) in [5.41, 5.74) is 1.40. The molecule has 2 aromatic rings. The minimum absolute atomic E-state index is 0.157. The zero-order chi connectivity index (χ0) is 10.8. The third kappa shape index (κ3) is 1.97. The minimum Gasteiger partial charge on any atom is -0.496 e. The number of nitrogens with one attached hydrogen (secondary N) is 2. The second kappa shape index (κ2) is 3.94. The van der Waals surface area contributed by atoms with Gasteiger partial charge in [-0.15, -0.1) is 0 Å². The monoisotopic (exact) mass is 268 g/mol. The van der Waals surface area contributed by atoms with E-state index < -0.39 is 0 Å². The van der Waals surface area contributed by atoms with Gasteiger partial charge in [0.2, 0.25) is 0 Å². The molecule has 0 bridgehead atoms. The van der Waals surface area contributed by atoms with Gasteiger partial charge in [0.15, 0.2) is 0 Å². The lowest BCUT2D eigenvalue weighted by Crippen LogP contribution is -1.93. The largest absolute Gasteiger partial charge is 0.496 e. The Kier molecular flexibility index (Phi) is 2.64. The first-order valence-electron chi connectivity index (χ1n) is 4.32. The van der Waals surface area contributed by atoms with Gasteiger partial charge in [0.05, 0.1) is 12.8 Å². The van der Waals surface area contributed by atoms with Crippen LogP contribution in [0.25, 0.3) is 11.3 Å². The number of aromatic amines is 2. The molecule has 0 saturated heterocycles. The van der Waals surface area contributed by atoms with E-state index >= 15 is 0 Å². The fraction of sp³-hybridized carbons (Fsp3) is 0.100. The zero-order valence-corrected chi connectivity index (χ0v) is 9.59. The summed E-state index contributed by atoms with van der Waals surface area (Å²) in [7, 11) is 1.59. The van der Waals surface area contributed by atoms with E-state index in [9.17, 15) is 4.79 Å². The van der Waals surface area contributed by atoms with Crippen molar-refractivity contribution in [2.75, 3.05) is 7.11 Å². The molecule has 0 aliphatic rings. The molecule has 5 heteroatoms. The molecule has 0 unspecified atom stereocenters. The normalized spacial score (nSPS) is 10.3. The van der Waals surface area contributed by atoms with Crippen LogP contribution in [-0.4, -0.2) is 17.3 Å². The summed E-state index contributed by atoms with van der Waals surface area (Å²) in [6.45, 7) is 0. The van der Waals surface area contributed by atoms with Gasteiger partial charge in [-0.05, 0) is 18.2 Å². The van der Waals surface area contributed by atoms with Crippen LogP contribution >= 0.6 is 15.9 Å². The third-order valence-corrected chi connectivity index (χ3v) is 2.54. The van der Waals surface area contributed by atoms with Gasteiger partial charge in [0.1, 0.15) is 5.75 Å². The van der Waals surface area contributed by atoms with Gasteiger partial charge in [0, 0.05) is 16.1 Å². The Balaban J connectivity index is 2.57. The van der Waals surface area contributed by atoms with Crippen LogP contribution in [0.5, 0.6) is 5.75 Å². The van der Waals surface area contributed by atoms with Gasteiger partial charge in [-0.3, -0.25) is 15.0 Å². The Morgan fingerprint density at radius 1 is 1.27 bits per heavy atom. The highest BCUT2D eigenvalue weighted by atomic mass is 79.9. The number of ether oxygens (including phenoxy) is 1. The molecule has 1 aromatic heterocycles. The van der Waals surface area contributed by atoms with Gasteiger partial charge < -0.3 is 4.74 Å². The van der Waals surface area contributed by atoms with E-state index in [-0.39, 0.29) is 5.56 Å². The Morgan fingerprint density at radius 3 is 2.67 bits per heavy atom. The predicted octanol–water partition coefficient (Wildman–Crippen LogP) is 2.14. The molecule has 0 atom stereocenters. The SMILES string of the molecule is COc1cc(Br)ccc1-c1cc(=O)[nH][nH]1. The van der Waals surface area contributed by atoms with E-state index in [0.29, 0.717) is 11.4 Å². The standard InChI is InChI=1S/C10H9BrN2O2/c1-15-9-4-6(11)2-3-7(9)8-5-10(14)13-12-8/h2-5H,1H3,(H2,12,13,14). The molecule has 0 radical (unpaired) electrons. The van der Waals surface area contributed by atoms with Crippen molar-refractivity contribution in [3.63, 3.8) is 0 Å². The molecule has 0 fully saturated rings. The minimum atomic E-state index is -0.157. The quantitative estimate of drug-likeness (QED) is 0.877. The summed E-state index contributed by atoms with van der Waals surface area (Å²) in [6, 6.07) is 7.11. The molecule has 1 aromatic carbocycles. The Labute approximate surface area is 94.4 Å². The molecule has 0 amide bonds. The molecule has 4 nitrogen and oxygen atoms in total. The number of benzene rings is 1. The summed E-state index contributed by atoms with van der Waals surface area (Å²) in [5, 5.41) is 5.27. The maximum atomic E-state index is 11.0. The molecular weight excluding hydrogens is 260 g/mol. The molecule has 0 aliphatic heterocycles. The van der Waals surface area contributed by atoms with E-state index in [4.69, 9.17) is 4.74 Å². The molecule has 78 valence electrons. The van der Waals surface area contributed by atoms with Gasteiger partial charge in [0.25, 0.3) is 5.56 Å². The lowest BCUT2D eigenvalue weighted by molar-refractivity contribution is 0.416. The van der Waals surface area contributed by atoms with Crippen LogP contribution < -0.4 is 10.3 Å². The van der Waals surface area contributed by atoms with Gasteiger partial charge in [-0.25, -0.2) is 0 Å². The summed E-state index contributed by atoms with van der Waals surface area (Å²) < 4.78 is 6.16. The van der Waals surface area contributed by atoms with Crippen molar-refractivity contribution in [2.24, 2.45) is 0 Å². The van der Waals surface area contributed by atoms with Crippen molar-refractivity contribution < 1.29 is 4.74 Å². The molecule has 0 saturated carbocycles. The molecule has 0 aliphatic carbocycles. The molecule has 2 rings (SSSR count). The van der Waals surface area contributed by atoms with E-state index in [0.717, 1.165) is 10.0 Å². The highest BCUT2D eigenvalue weighted by Gasteiger charge is 2.07. The van der Waals surface area contributed by atoms with Crippen molar-refractivity contribution in [1.82, 2.24) is 10.2 Å². The fourth-order valence-corrected chi connectivity index (χ4v) is 1.70. The maximum Gasteiger partial charge on any atom is 0.264 e. The van der Waals surface area contributed by atoms with Crippen molar-refractivity contribution in [2.45, 2.75) is 0 Å². The molecular formula is C10H9BrN2O2. The van der Waals surface area contributed by atoms with Crippen molar-refractivity contribution in [1.29, 1.82) is 0 Å². The Bertz CT molecular complexity index is 530. The van der Waals surface area contributed by atoms with E-state index in [1.54, 1.807) is 7.11 Å². The average molecular weight is 269 g/mol. The first-order valence-corrected chi connectivity index (χ1v) is 5.11. The summed E-state index contributed by atoms with van der Waals surface area (Å²) in [4.78, 5) is 11.0. The average Bonchev–Trinajstić information content (AvgIpc) is 2.64. The summed E-state index contributed by atoms with van der Waals surface area (Å²) in [5.74, 6) is 0.708. The third-order valence-electron chi connectivity index (χ3n) is 2.05. The summed E-state index contributed by atoms with van der Waals surface area (Å²) in [6.07, 6.45) is 0. The van der Waals surface area contributed by atoms with Crippen LogP contribution in [0.15, 0.2) is 33.5 Å². The number of halogens is 1. The molecule has 1 heterocycles. The first-order chi connectivity index (χ1) is 7.20. The number of aromatic nitrogens is 2. The second-order valence-electron chi connectivity index (χ2n) is 3.02. The fourth-order valence-electron chi connectivity index (χ4n) is 1.36. The zero-order valence-electron chi connectivity index (χ0n) is 8.00. The number of rotatable bonds is 2. The molecule has 15 heavy (non-hydrogen) atoms. The van der Waals surface area contributed by atoms with Crippen molar-refractivity contribution in [3.05, 3.63) is 39.1 Å². The smallest absolute Gasteiger partial charge is 0.264 e. The molecule has 2 N–H and O–H groups in total. The number of hydrogen-bond donors (Lipinski definition) is 2. The van der Waals surface area contributed by atoms with Crippen LogP contribution in [0.3, 0.4) is 0 Å². The highest BCUT2D eigenvalue weighted by Crippen LogP contribution is 2.30. The van der Waals surface area contributed by atoms with Gasteiger partial charge in [-0.1, -0.05) is 15.9 Å². The summed E-state index contributed by atoms with van der Waals surface area (Å²) >= 11 is 3.36. The number of methoxy groups -OCH3 is 1. The lowest BCUT2D eigenvalue weighted by Gasteiger charge is -2.06. The first kappa shape index (κ1) is 10.0. The molecule has 0 spiro atoms. The number of hydrogen-bond acceptors (Lipinski definition) is 2. The van der Waals surface area contributed by atoms with E-state index in [2.05, 4.69) is 26.1 Å². The van der Waals surface area contributed by atoms with E-state index in [1.807, 2.05) is 18.2 Å². The van der Waals surface area contributed by atoms with Gasteiger partial charge in [-0.2, -0.15) is 0 Å². The van der Waals surface area contributed by atoms with Crippen LogP contribution in [-0.2, 0) is 0 Å². The van der Waals surface area contributed by atoms with E-state index in [1.165, 1.54) is 6.07 Å². The topological polar surface area (TPSA) is 57.9 Å². The van der Waals surface area contributed by atoms with Crippen LogP contribution in [0.1, 0.15) is 0 Å². The van der Waals surface area contributed by atoms with Crippen molar-refractivity contribution >= 4 is 15.9 Å². The Morgan fingerprint density at radius 2 is 2.07 bits per heavy atom. The van der Waals surface area contributed by atoms with Crippen molar-refractivity contribution in [3.8, 4) is 17.0 Å². The predicted molar refractivity (Wildman–Crippen MR) is 61.1 cm³/mol. The maximum absolute atomic E-state index is 11.0. The lowest BCUT2D eigenvalue weighted by atomic mass is 10.1. The van der Waals surface area contributed by atoms with Crippen LogP contribution in [0, 0.1) is 0 Å². The Hall–Kier alpha value is -1.49.